The van der Waals surface area contributed by atoms with Gasteiger partial charge in [-0.15, -0.1) is 0 Å². The predicted octanol–water partition coefficient (Wildman–Crippen LogP) is 4.99. The second-order valence-electron chi connectivity index (χ2n) is 9.15. The molecule has 0 aromatic rings. The Morgan fingerprint density at radius 3 is 1.28 bits per heavy atom. The average molecular weight is 457 g/mol. The Morgan fingerprint density at radius 1 is 0.438 bits per heavy atom. The molecule has 0 fully saturated rings. The number of allylic oxidation sites excluding steroid dienone is 2. The summed E-state index contributed by atoms with van der Waals surface area (Å²) >= 11 is 0. The largest absolute Gasteiger partial charge is 0.395 e. The fraction of sp³-hybridized carbons (Fsp3) is 0.926. The van der Waals surface area contributed by atoms with E-state index in [0.717, 1.165) is 32.6 Å². The molecule has 0 saturated heterocycles. The van der Waals surface area contributed by atoms with Crippen molar-refractivity contribution in [2.45, 2.75) is 103 Å². The van der Waals surface area contributed by atoms with E-state index in [-0.39, 0.29) is 19.8 Å². The first-order valence-electron chi connectivity index (χ1n) is 13.7. The van der Waals surface area contributed by atoms with Crippen molar-refractivity contribution in [3.8, 4) is 0 Å². The summed E-state index contributed by atoms with van der Waals surface area (Å²) in [4.78, 5) is 4.45. The van der Waals surface area contributed by atoms with Gasteiger partial charge in [0.2, 0.25) is 0 Å². The molecule has 0 aliphatic rings. The molecular formula is C27H56N2O3. The summed E-state index contributed by atoms with van der Waals surface area (Å²) in [5, 5.41) is 27.5. The molecule has 5 heteroatoms. The summed E-state index contributed by atoms with van der Waals surface area (Å²) in [5.41, 5.74) is 0. The molecule has 0 spiro atoms. The number of aliphatic hydroxyl groups is 3. The summed E-state index contributed by atoms with van der Waals surface area (Å²) in [5.74, 6) is 0. The highest BCUT2D eigenvalue weighted by atomic mass is 16.3. The molecule has 0 amide bonds. The van der Waals surface area contributed by atoms with E-state index < -0.39 is 0 Å². The van der Waals surface area contributed by atoms with Crippen LogP contribution in [-0.2, 0) is 0 Å². The van der Waals surface area contributed by atoms with E-state index in [9.17, 15) is 5.11 Å². The van der Waals surface area contributed by atoms with Crippen molar-refractivity contribution in [2.24, 2.45) is 0 Å². The Hall–Kier alpha value is -0.460. The van der Waals surface area contributed by atoms with E-state index in [0.29, 0.717) is 13.1 Å². The number of hydrogen-bond acceptors (Lipinski definition) is 5. The van der Waals surface area contributed by atoms with Gasteiger partial charge in [-0.05, 0) is 58.2 Å². The zero-order valence-corrected chi connectivity index (χ0v) is 21.4. The number of aliphatic hydroxyl groups excluding tert-OH is 3. The SMILES string of the molecule is CCCCCCCCC=CCCCCCCCCN(CCO)CCCN(CCO)CCO. The lowest BCUT2D eigenvalue weighted by atomic mass is 10.1. The molecule has 0 radical (unpaired) electrons. The maximum Gasteiger partial charge on any atom is 0.0558 e. The molecule has 0 aliphatic carbocycles. The highest BCUT2D eigenvalue weighted by molar-refractivity contribution is 4.81. The van der Waals surface area contributed by atoms with Crippen molar-refractivity contribution in [2.75, 3.05) is 59.1 Å². The van der Waals surface area contributed by atoms with Gasteiger partial charge in [-0.1, -0.05) is 76.9 Å². The number of nitrogens with zero attached hydrogens (tertiary/aromatic N) is 2. The molecule has 0 aromatic heterocycles. The maximum absolute atomic E-state index is 9.32. The number of hydrogen-bond donors (Lipinski definition) is 3. The monoisotopic (exact) mass is 456 g/mol. The molecule has 0 bridgehead atoms. The van der Waals surface area contributed by atoms with Gasteiger partial charge in [0.05, 0.1) is 19.8 Å². The molecule has 0 heterocycles. The standard InChI is InChI=1S/C27H56N2O3/c1-2-3-4-5-6-7-8-9-10-11-12-13-14-15-16-17-19-28(22-25-30)20-18-21-29(23-26-31)24-27-32/h9-10,30-32H,2-8,11-27H2,1H3. The van der Waals surface area contributed by atoms with Crippen LogP contribution in [0.1, 0.15) is 103 Å². The summed E-state index contributed by atoms with van der Waals surface area (Å²) in [6, 6.07) is 0. The lowest BCUT2D eigenvalue weighted by Gasteiger charge is -2.24. The van der Waals surface area contributed by atoms with E-state index >= 15 is 0 Å². The third kappa shape index (κ3) is 22.7. The van der Waals surface area contributed by atoms with Crippen LogP contribution in [0.2, 0.25) is 0 Å². The molecule has 0 aromatic carbocycles. The smallest absolute Gasteiger partial charge is 0.0558 e. The third-order valence-corrected chi connectivity index (χ3v) is 6.18. The molecule has 3 N–H and O–H groups in total. The van der Waals surface area contributed by atoms with Crippen LogP contribution in [0.4, 0.5) is 0 Å². The summed E-state index contributed by atoms with van der Waals surface area (Å²) in [6.45, 7) is 7.65. The first-order chi connectivity index (χ1) is 15.8. The van der Waals surface area contributed by atoms with Crippen molar-refractivity contribution in [3.05, 3.63) is 12.2 Å². The predicted molar refractivity (Wildman–Crippen MR) is 138 cm³/mol. The first kappa shape index (κ1) is 31.5. The highest BCUT2D eigenvalue weighted by Crippen LogP contribution is 2.10. The van der Waals surface area contributed by atoms with Crippen LogP contribution in [0.3, 0.4) is 0 Å². The lowest BCUT2D eigenvalue weighted by Crippen LogP contribution is -2.35. The molecule has 0 aliphatic heterocycles. The molecule has 32 heavy (non-hydrogen) atoms. The van der Waals surface area contributed by atoms with Gasteiger partial charge in [0.25, 0.3) is 0 Å². The zero-order chi connectivity index (χ0) is 23.5. The molecule has 5 nitrogen and oxygen atoms in total. The van der Waals surface area contributed by atoms with Gasteiger partial charge in [-0.25, -0.2) is 0 Å². The zero-order valence-electron chi connectivity index (χ0n) is 21.4. The van der Waals surface area contributed by atoms with E-state index in [1.807, 2.05) is 0 Å². The van der Waals surface area contributed by atoms with Crippen LogP contribution in [0.5, 0.6) is 0 Å². The van der Waals surface area contributed by atoms with Crippen LogP contribution in [-0.4, -0.2) is 84.2 Å². The van der Waals surface area contributed by atoms with Crippen LogP contribution in [0, 0.1) is 0 Å². The lowest BCUT2D eigenvalue weighted by molar-refractivity contribution is 0.147. The normalized spacial score (nSPS) is 12.1. The van der Waals surface area contributed by atoms with Gasteiger partial charge in [-0.2, -0.15) is 0 Å². The molecule has 0 atom stereocenters. The quantitative estimate of drug-likeness (QED) is 0.126. The maximum atomic E-state index is 9.32. The van der Waals surface area contributed by atoms with Crippen LogP contribution < -0.4 is 0 Å². The minimum absolute atomic E-state index is 0.135. The van der Waals surface area contributed by atoms with E-state index in [1.165, 1.54) is 89.9 Å². The minimum Gasteiger partial charge on any atom is -0.395 e. The summed E-state index contributed by atoms with van der Waals surface area (Å²) in [7, 11) is 0. The molecular weight excluding hydrogens is 400 g/mol. The van der Waals surface area contributed by atoms with Gasteiger partial charge in [-0.3, -0.25) is 4.90 Å². The van der Waals surface area contributed by atoms with Crippen molar-refractivity contribution < 1.29 is 15.3 Å². The van der Waals surface area contributed by atoms with Gasteiger partial charge in [0.1, 0.15) is 0 Å². The van der Waals surface area contributed by atoms with Crippen molar-refractivity contribution in [3.63, 3.8) is 0 Å². The van der Waals surface area contributed by atoms with E-state index in [4.69, 9.17) is 10.2 Å². The molecule has 0 unspecified atom stereocenters. The first-order valence-corrected chi connectivity index (χ1v) is 13.7. The summed E-state index contributed by atoms with van der Waals surface area (Å²) < 4.78 is 0. The minimum atomic E-state index is 0.135. The van der Waals surface area contributed by atoms with Crippen LogP contribution in [0.25, 0.3) is 0 Å². The fourth-order valence-electron chi connectivity index (χ4n) is 4.20. The summed E-state index contributed by atoms with van der Waals surface area (Å²) in [6.07, 6.45) is 24.4. The van der Waals surface area contributed by atoms with E-state index in [1.54, 1.807) is 0 Å². The van der Waals surface area contributed by atoms with Crippen molar-refractivity contribution in [1.29, 1.82) is 0 Å². The van der Waals surface area contributed by atoms with Gasteiger partial charge in [0.15, 0.2) is 0 Å². The molecule has 192 valence electrons. The Balaban J connectivity index is 3.57. The van der Waals surface area contributed by atoms with Crippen LogP contribution >= 0.6 is 0 Å². The Bertz CT molecular complexity index is 374. The Morgan fingerprint density at radius 2 is 0.812 bits per heavy atom. The number of unbranched alkanes of at least 4 members (excludes halogenated alkanes) is 12. The third-order valence-electron chi connectivity index (χ3n) is 6.18. The van der Waals surface area contributed by atoms with Gasteiger partial charge in [0, 0.05) is 19.6 Å². The fourth-order valence-corrected chi connectivity index (χ4v) is 4.20. The highest BCUT2D eigenvalue weighted by Gasteiger charge is 2.07. The number of rotatable bonds is 26. The van der Waals surface area contributed by atoms with E-state index in [2.05, 4.69) is 28.9 Å². The van der Waals surface area contributed by atoms with Crippen LogP contribution in [0.15, 0.2) is 12.2 Å². The second kappa shape index (κ2) is 26.8. The van der Waals surface area contributed by atoms with Gasteiger partial charge < -0.3 is 20.2 Å². The Labute approximate surface area is 199 Å². The average Bonchev–Trinajstić information content (AvgIpc) is 2.79. The molecule has 0 saturated carbocycles. The van der Waals surface area contributed by atoms with Crippen molar-refractivity contribution >= 4 is 0 Å². The van der Waals surface area contributed by atoms with Gasteiger partial charge >= 0.3 is 0 Å². The van der Waals surface area contributed by atoms with Crippen molar-refractivity contribution in [1.82, 2.24) is 9.80 Å². The second-order valence-corrected chi connectivity index (χ2v) is 9.15. The molecule has 0 rings (SSSR count). The topological polar surface area (TPSA) is 67.2 Å². The Kier molecular flexibility index (Phi) is 26.4.